The summed E-state index contributed by atoms with van der Waals surface area (Å²) in [6, 6.07) is 0. The second-order valence-electron chi connectivity index (χ2n) is 3.96. The summed E-state index contributed by atoms with van der Waals surface area (Å²) in [5.74, 6) is 0. The zero-order valence-electron chi connectivity index (χ0n) is 8.83. The summed E-state index contributed by atoms with van der Waals surface area (Å²) in [5, 5.41) is 9.45. The topological polar surface area (TPSA) is 32.8 Å². The van der Waals surface area contributed by atoms with E-state index in [9.17, 15) is 5.11 Å². The maximum absolute atomic E-state index is 9.45. The van der Waals surface area contributed by atoms with E-state index in [0.29, 0.717) is 6.10 Å². The number of unbranched alkanes of at least 4 members (excludes halogenated alkanes) is 3. The summed E-state index contributed by atoms with van der Waals surface area (Å²) < 4.78 is 5.40. The van der Waals surface area contributed by atoms with Crippen molar-refractivity contribution in [3.05, 3.63) is 0 Å². The lowest BCUT2D eigenvalue weighted by Crippen LogP contribution is -2.15. The highest BCUT2D eigenvalue weighted by atomic mass is 16.6. The lowest BCUT2D eigenvalue weighted by atomic mass is 10.1. The molecule has 0 aromatic carbocycles. The van der Waals surface area contributed by atoms with Gasteiger partial charge in [0.05, 0.1) is 12.2 Å². The van der Waals surface area contributed by atoms with Crippen molar-refractivity contribution in [3.63, 3.8) is 0 Å². The normalized spacial score (nSPS) is 28.8. The van der Waals surface area contributed by atoms with Crippen LogP contribution in [0.15, 0.2) is 0 Å². The molecule has 78 valence electrons. The van der Waals surface area contributed by atoms with Crippen LogP contribution in [-0.4, -0.2) is 23.4 Å². The highest BCUT2D eigenvalue weighted by Gasteiger charge is 2.42. The Balaban J connectivity index is 1.95. The van der Waals surface area contributed by atoms with Gasteiger partial charge in [-0.1, -0.05) is 39.5 Å². The van der Waals surface area contributed by atoms with Crippen molar-refractivity contribution in [2.75, 3.05) is 0 Å². The van der Waals surface area contributed by atoms with Gasteiger partial charge in [-0.05, 0) is 12.8 Å². The second kappa shape index (κ2) is 5.61. The molecule has 0 aromatic heterocycles. The first-order valence-corrected chi connectivity index (χ1v) is 5.63. The standard InChI is InChI=1S/C11H22O2/c1-3-5-6-7-8-10-11(13-10)9(12)4-2/h9-12H,3-8H2,1-2H3/t9-,10-,11-/m0/s1. The van der Waals surface area contributed by atoms with Crippen molar-refractivity contribution >= 4 is 0 Å². The molecule has 0 aliphatic carbocycles. The third-order valence-corrected chi connectivity index (χ3v) is 2.76. The van der Waals surface area contributed by atoms with E-state index in [1.807, 2.05) is 6.92 Å². The van der Waals surface area contributed by atoms with Gasteiger partial charge in [-0.15, -0.1) is 0 Å². The molecule has 2 heteroatoms. The highest BCUT2D eigenvalue weighted by molar-refractivity contribution is 4.89. The first-order valence-electron chi connectivity index (χ1n) is 5.63. The predicted molar refractivity (Wildman–Crippen MR) is 53.7 cm³/mol. The fourth-order valence-corrected chi connectivity index (χ4v) is 1.73. The summed E-state index contributed by atoms with van der Waals surface area (Å²) in [6.07, 6.45) is 7.43. The average molecular weight is 186 g/mol. The van der Waals surface area contributed by atoms with E-state index in [4.69, 9.17) is 4.74 Å². The summed E-state index contributed by atoms with van der Waals surface area (Å²) in [4.78, 5) is 0. The van der Waals surface area contributed by atoms with Crippen molar-refractivity contribution < 1.29 is 9.84 Å². The van der Waals surface area contributed by atoms with Crippen molar-refractivity contribution in [2.45, 2.75) is 70.7 Å². The molecule has 0 aromatic rings. The zero-order valence-corrected chi connectivity index (χ0v) is 8.83. The lowest BCUT2D eigenvalue weighted by Gasteiger charge is -2.01. The van der Waals surface area contributed by atoms with E-state index in [1.165, 1.54) is 25.7 Å². The molecule has 3 atom stereocenters. The van der Waals surface area contributed by atoms with Crippen molar-refractivity contribution in [1.82, 2.24) is 0 Å². The van der Waals surface area contributed by atoms with Crippen LogP contribution in [0.1, 0.15) is 52.4 Å². The van der Waals surface area contributed by atoms with Gasteiger partial charge in [0, 0.05) is 0 Å². The highest BCUT2D eigenvalue weighted by Crippen LogP contribution is 2.31. The third-order valence-electron chi connectivity index (χ3n) is 2.76. The molecule has 1 aliphatic heterocycles. The van der Waals surface area contributed by atoms with Crippen LogP contribution in [0.3, 0.4) is 0 Å². The number of epoxide rings is 1. The number of ether oxygens (including phenoxy) is 1. The molecule has 0 unspecified atom stereocenters. The van der Waals surface area contributed by atoms with E-state index in [-0.39, 0.29) is 12.2 Å². The van der Waals surface area contributed by atoms with Crippen LogP contribution in [0, 0.1) is 0 Å². The van der Waals surface area contributed by atoms with E-state index in [0.717, 1.165) is 12.8 Å². The summed E-state index contributed by atoms with van der Waals surface area (Å²) in [5.41, 5.74) is 0. The third kappa shape index (κ3) is 3.65. The van der Waals surface area contributed by atoms with Gasteiger partial charge in [-0.3, -0.25) is 0 Å². The molecule has 1 rings (SSSR count). The van der Waals surface area contributed by atoms with Gasteiger partial charge < -0.3 is 9.84 Å². The molecule has 1 saturated heterocycles. The minimum absolute atomic E-state index is 0.159. The largest absolute Gasteiger partial charge is 0.390 e. The Morgan fingerprint density at radius 1 is 1.23 bits per heavy atom. The Kier molecular flexibility index (Phi) is 4.74. The van der Waals surface area contributed by atoms with Gasteiger partial charge in [0.25, 0.3) is 0 Å². The summed E-state index contributed by atoms with van der Waals surface area (Å²) in [7, 11) is 0. The number of hydrogen-bond acceptors (Lipinski definition) is 2. The molecule has 13 heavy (non-hydrogen) atoms. The quantitative estimate of drug-likeness (QED) is 0.489. The lowest BCUT2D eigenvalue weighted by molar-refractivity contribution is 0.131. The summed E-state index contributed by atoms with van der Waals surface area (Å²) >= 11 is 0. The fourth-order valence-electron chi connectivity index (χ4n) is 1.73. The van der Waals surface area contributed by atoms with E-state index < -0.39 is 0 Å². The van der Waals surface area contributed by atoms with E-state index in [1.54, 1.807) is 0 Å². The van der Waals surface area contributed by atoms with Gasteiger partial charge >= 0.3 is 0 Å². The number of hydrogen-bond donors (Lipinski definition) is 1. The van der Waals surface area contributed by atoms with Crippen LogP contribution >= 0.6 is 0 Å². The number of aliphatic hydroxyl groups is 1. The molecule has 1 fully saturated rings. The van der Waals surface area contributed by atoms with Gasteiger partial charge in [0.15, 0.2) is 0 Å². The maximum atomic E-state index is 9.45. The van der Waals surface area contributed by atoms with Crippen LogP contribution < -0.4 is 0 Å². The molecular formula is C11H22O2. The average Bonchev–Trinajstić information content (AvgIpc) is 2.91. The Bertz CT molecular complexity index is 136. The van der Waals surface area contributed by atoms with Crippen LogP contribution in [0.2, 0.25) is 0 Å². The minimum Gasteiger partial charge on any atom is -0.390 e. The van der Waals surface area contributed by atoms with Crippen LogP contribution in [0.4, 0.5) is 0 Å². The van der Waals surface area contributed by atoms with E-state index >= 15 is 0 Å². The fraction of sp³-hybridized carbons (Fsp3) is 1.00. The maximum Gasteiger partial charge on any atom is 0.110 e. The minimum atomic E-state index is -0.226. The molecule has 0 radical (unpaired) electrons. The van der Waals surface area contributed by atoms with Gasteiger partial charge in [-0.25, -0.2) is 0 Å². The molecule has 0 bridgehead atoms. The second-order valence-corrected chi connectivity index (χ2v) is 3.96. The molecule has 0 amide bonds. The molecule has 1 N–H and O–H groups in total. The Labute approximate surface area is 81.3 Å². The Morgan fingerprint density at radius 3 is 2.62 bits per heavy atom. The molecule has 1 aliphatic rings. The van der Waals surface area contributed by atoms with Crippen molar-refractivity contribution in [1.29, 1.82) is 0 Å². The number of aliphatic hydroxyl groups excluding tert-OH is 1. The van der Waals surface area contributed by atoms with Crippen LogP contribution in [0.5, 0.6) is 0 Å². The molecule has 0 spiro atoms. The molecule has 1 heterocycles. The monoisotopic (exact) mass is 186 g/mol. The summed E-state index contributed by atoms with van der Waals surface area (Å²) in [6.45, 7) is 4.22. The molecule has 0 saturated carbocycles. The van der Waals surface area contributed by atoms with Crippen LogP contribution in [0.25, 0.3) is 0 Å². The zero-order chi connectivity index (χ0) is 9.68. The van der Waals surface area contributed by atoms with Crippen LogP contribution in [-0.2, 0) is 4.74 Å². The molecular weight excluding hydrogens is 164 g/mol. The van der Waals surface area contributed by atoms with Gasteiger partial charge in [-0.2, -0.15) is 0 Å². The first-order chi connectivity index (χ1) is 6.29. The number of rotatable bonds is 7. The van der Waals surface area contributed by atoms with E-state index in [2.05, 4.69) is 6.92 Å². The van der Waals surface area contributed by atoms with Crippen molar-refractivity contribution in [2.24, 2.45) is 0 Å². The first kappa shape index (κ1) is 11.0. The Morgan fingerprint density at radius 2 is 2.00 bits per heavy atom. The Hall–Kier alpha value is -0.0800. The molecule has 2 nitrogen and oxygen atoms in total. The van der Waals surface area contributed by atoms with Gasteiger partial charge in [0.1, 0.15) is 6.10 Å². The van der Waals surface area contributed by atoms with Gasteiger partial charge in [0.2, 0.25) is 0 Å². The van der Waals surface area contributed by atoms with Crippen molar-refractivity contribution in [3.8, 4) is 0 Å². The SMILES string of the molecule is CCCCCC[C@@H]1O[C@H]1[C@@H](O)CC. The predicted octanol–water partition coefficient (Wildman–Crippen LogP) is 2.50. The smallest absolute Gasteiger partial charge is 0.110 e.